The number of aliphatic hydroxyl groups excluding tert-OH is 3. The number of nitrogens with zero attached hydrogens (tertiary/aromatic N) is 6. The number of benzene rings is 2. The van der Waals surface area contributed by atoms with Crippen molar-refractivity contribution in [1.29, 1.82) is 0 Å². The lowest BCUT2D eigenvalue weighted by molar-refractivity contribution is -0.210. The Bertz CT molecular complexity index is 1460. The van der Waals surface area contributed by atoms with Crippen LogP contribution in [-0.4, -0.2) is 84.2 Å². The molecule has 5 atom stereocenters. The average Bonchev–Trinajstić information content (AvgIpc) is 3.62. The molecule has 1 saturated heterocycles. The highest BCUT2D eigenvalue weighted by molar-refractivity contribution is 5.58. The van der Waals surface area contributed by atoms with Crippen LogP contribution in [0.4, 0.5) is 13.2 Å². The predicted octanol–water partition coefficient (Wildman–Crippen LogP) is 1.36. The molecule has 2 aromatic heterocycles. The third kappa shape index (κ3) is 4.69. The Balaban J connectivity index is 1.51. The Morgan fingerprint density at radius 1 is 0.974 bits per heavy atom. The number of hydrogen-bond donors (Lipinski definition) is 3. The van der Waals surface area contributed by atoms with Crippen molar-refractivity contribution in [2.75, 3.05) is 20.8 Å². The van der Waals surface area contributed by atoms with E-state index in [0.717, 1.165) is 16.8 Å². The van der Waals surface area contributed by atoms with Gasteiger partial charge in [0.05, 0.1) is 32.7 Å². The minimum absolute atomic E-state index is 0.0516. The molecule has 0 unspecified atom stereocenters. The molecule has 2 aromatic carbocycles. The molecule has 0 radical (unpaired) electrons. The maximum atomic E-state index is 13.8. The van der Waals surface area contributed by atoms with Gasteiger partial charge in [-0.05, 0) is 24.3 Å². The molecular weight excluding hydrogens is 525 g/mol. The molecular formula is C24H23F3N6O6. The summed E-state index contributed by atoms with van der Waals surface area (Å²) in [7, 11) is 2.97. The number of rotatable bonds is 7. The number of aliphatic hydroxyl groups is 3. The summed E-state index contributed by atoms with van der Waals surface area (Å²) in [6, 6.07) is 5.26. The lowest BCUT2D eigenvalue weighted by atomic mass is 9.92. The summed E-state index contributed by atoms with van der Waals surface area (Å²) >= 11 is 0. The molecule has 206 valence electrons. The van der Waals surface area contributed by atoms with Crippen LogP contribution >= 0.6 is 0 Å². The van der Waals surface area contributed by atoms with Crippen LogP contribution in [0.15, 0.2) is 42.9 Å². The number of ether oxygens (including phenoxy) is 3. The lowest BCUT2D eigenvalue weighted by Crippen LogP contribution is -2.53. The SMILES string of the molecule is COc1ccc(-n2cnnc2[C@@H]2O[C@H](CO)[C@H](O)[C@H](n3cc(-c4cc(F)c(F)c(F)c4)nn3)[C@H]2O)cc1OC. The first kappa shape index (κ1) is 26.6. The molecule has 5 rings (SSSR count). The topological polar surface area (TPSA) is 150 Å². The van der Waals surface area contributed by atoms with E-state index in [2.05, 4.69) is 20.5 Å². The molecule has 0 bridgehead atoms. The van der Waals surface area contributed by atoms with E-state index < -0.39 is 54.5 Å². The first-order chi connectivity index (χ1) is 18.8. The van der Waals surface area contributed by atoms with Crippen molar-refractivity contribution in [3.05, 3.63) is 66.1 Å². The molecule has 12 nitrogen and oxygen atoms in total. The molecule has 39 heavy (non-hydrogen) atoms. The zero-order valence-corrected chi connectivity index (χ0v) is 20.5. The van der Waals surface area contributed by atoms with Gasteiger partial charge in [0.2, 0.25) is 0 Å². The average molecular weight is 548 g/mol. The Labute approximate surface area is 218 Å². The van der Waals surface area contributed by atoms with Crippen LogP contribution in [0.2, 0.25) is 0 Å². The summed E-state index contributed by atoms with van der Waals surface area (Å²) in [6.07, 6.45) is -2.80. The summed E-state index contributed by atoms with van der Waals surface area (Å²) in [6.45, 7) is -0.624. The molecule has 0 saturated carbocycles. The highest BCUT2D eigenvalue weighted by Crippen LogP contribution is 2.39. The van der Waals surface area contributed by atoms with Gasteiger partial charge in [0.25, 0.3) is 0 Å². The van der Waals surface area contributed by atoms with Crippen LogP contribution in [0.3, 0.4) is 0 Å². The van der Waals surface area contributed by atoms with E-state index in [9.17, 15) is 28.5 Å². The number of halogens is 3. The molecule has 1 fully saturated rings. The minimum atomic E-state index is -1.63. The maximum Gasteiger partial charge on any atom is 0.194 e. The zero-order valence-electron chi connectivity index (χ0n) is 20.5. The van der Waals surface area contributed by atoms with E-state index >= 15 is 0 Å². The fourth-order valence-corrected chi connectivity index (χ4v) is 4.50. The molecule has 1 aliphatic heterocycles. The van der Waals surface area contributed by atoms with Gasteiger partial charge in [-0.15, -0.1) is 15.3 Å². The highest BCUT2D eigenvalue weighted by Gasteiger charge is 2.48. The van der Waals surface area contributed by atoms with Crippen LogP contribution in [-0.2, 0) is 4.74 Å². The van der Waals surface area contributed by atoms with E-state index in [1.807, 2.05) is 0 Å². The van der Waals surface area contributed by atoms with Gasteiger partial charge in [-0.3, -0.25) is 4.57 Å². The molecule has 1 aliphatic rings. The molecule has 3 heterocycles. The summed E-state index contributed by atoms with van der Waals surface area (Å²) < 4.78 is 60.0. The number of hydrogen-bond acceptors (Lipinski definition) is 10. The van der Waals surface area contributed by atoms with Gasteiger partial charge in [0, 0.05) is 11.6 Å². The largest absolute Gasteiger partial charge is 0.493 e. The van der Waals surface area contributed by atoms with Crippen LogP contribution in [0, 0.1) is 17.5 Å². The van der Waals surface area contributed by atoms with Crippen molar-refractivity contribution in [2.45, 2.75) is 30.5 Å². The van der Waals surface area contributed by atoms with Gasteiger partial charge in [-0.25, -0.2) is 17.9 Å². The highest BCUT2D eigenvalue weighted by atomic mass is 19.2. The Hall–Kier alpha value is -4.05. The summed E-state index contributed by atoms with van der Waals surface area (Å²) in [5.41, 5.74) is 0.372. The van der Waals surface area contributed by atoms with Gasteiger partial charge in [0.15, 0.2) is 34.8 Å². The normalized spacial score (nSPS) is 23.1. The van der Waals surface area contributed by atoms with E-state index in [1.54, 1.807) is 18.2 Å². The fourth-order valence-electron chi connectivity index (χ4n) is 4.50. The first-order valence-electron chi connectivity index (χ1n) is 11.6. The maximum absolute atomic E-state index is 13.8. The third-order valence-corrected chi connectivity index (χ3v) is 6.46. The molecule has 3 N–H and O–H groups in total. The molecule has 0 spiro atoms. The van der Waals surface area contributed by atoms with E-state index in [-0.39, 0.29) is 17.1 Å². The van der Waals surface area contributed by atoms with E-state index in [0.29, 0.717) is 17.2 Å². The van der Waals surface area contributed by atoms with Gasteiger partial charge in [0.1, 0.15) is 42.5 Å². The smallest absolute Gasteiger partial charge is 0.194 e. The summed E-state index contributed by atoms with van der Waals surface area (Å²) in [4.78, 5) is 0. The first-order valence-corrected chi connectivity index (χ1v) is 11.6. The van der Waals surface area contributed by atoms with Gasteiger partial charge >= 0.3 is 0 Å². The molecule has 15 heteroatoms. The van der Waals surface area contributed by atoms with Crippen LogP contribution in [0.1, 0.15) is 18.0 Å². The summed E-state index contributed by atoms with van der Waals surface area (Å²) in [5, 5.41) is 47.9. The van der Waals surface area contributed by atoms with Crippen molar-refractivity contribution in [3.8, 4) is 28.4 Å². The van der Waals surface area contributed by atoms with Crippen molar-refractivity contribution in [3.63, 3.8) is 0 Å². The Kier molecular flexibility index (Phi) is 7.22. The second-order valence-corrected chi connectivity index (χ2v) is 8.69. The quantitative estimate of drug-likeness (QED) is 0.289. The molecule has 0 amide bonds. The monoisotopic (exact) mass is 548 g/mol. The van der Waals surface area contributed by atoms with Crippen LogP contribution < -0.4 is 9.47 Å². The zero-order chi connectivity index (χ0) is 27.8. The second-order valence-electron chi connectivity index (χ2n) is 8.69. The third-order valence-electron chi connectivity index (χ3n) is 6.46. The van der Waals surface area contributed by atoms with E-state index in [1.165, 1.54) is 31.3 Å². The number of methoxy groups -OCH3 is 2. The van der Waals surface area contributed by atoms with Crippen molar-refractivity contribution >= 4 is 0 Å². The van der Waals surface area contributed by atoms with Crippen molar-refractivity contribution < 1.29 is 42.7 Å². The predicted molar refractivity (Wildman–Crippen MR) is 126 cm³/mol. The number of aromatic nitrogens is 6. The lowest BCUT2D eigenvalue weighted by Gasteiger charge is -2.41. The Morgan fingerprint density at radius 3 is 2.36 bits per heavy atom. The summed E-state index contributed by atoms with van der Waals surface area (Å²) in [5.74, 6) is -3.43. The van der Waals surface area contributed by atoms with E-state index in [4.69, 9.17) is 14.2 Å². The van der Waals surface area contributed by atoms with Crippen molar-refractivity contribution in [1.82, 2.24) is 29.8 Å². The minimum Gasteiger partial charge on any atom is -0.493 e. The van der Waals surface area contributed by atoms with Crippen LogP contribution in [0.25, 0.3) is 16.9 Å². The van der Waals surface area contributed by atoms with Crippen molar-refractivity contribution in [2.24, 2.45) is 0 Å². The fraction of sp³-hybridized carbons (Fsp3) is 0.333. The van der Waals surface area contributed by atoms with Gasteiger partial charge < -0.3 is 29.5 Å². The molecule has 0 aliphatic carbocycles. The standard InChI is InChI=1S/C24H23F3N6O6/c1-37-16-4-3-12(7-17(16)38-2)32-10-28-30-24(32)23-22(36)20(21(35)18(9-34)39-23)33-8-15(29-31-33)11-5-13(25)19(27)14(26)6-11/h3-8,10,18,20-23,34-36H,9H2,1-2H3/t18-,20+,21+,22-,23-/m1/s1. The van der Waals surface area contributed by atoms with Gasteiger partial charge in [-0.2, -0.15) is 0 Å². The second kappa shape index (κ2) is 10.6. The Morgan fingerprint density at radius 2 is 1.69 bits per heavy atom. The molecule has 4 aromatic rings. The van der Waals surface area contributed by atoms with Gasteiger partial charge in [-0.1, -0.05) is 5.21 Å². The van der Waals surface area contributed by atoms with Crippen LogP contribution in [0.5, 0.6) is 11.5 Å².